The Balaban J connectivity index is 0.750. The van der Waals surface area contributed by atoms with Gasteiger partial charge in [0.2, 0.25) is 0 Å². The number of nitrogens with zero attached hydrogens (tertiary/aromatic N) is 6. The van der Waals surface area contributed by atoms with Crippen LogP contribution in [0.15, 0.2) is 264 Å². The van der Waals surface area contributed by atoms with E-state index in [0.29, 0.717) is 106 Å². The average molecular weight is 1690 g/mol. The van der Waals surface area contributed by atoms with Crippen LogP contribution in [0.2, 0.25) is 10.0 Å². The van der Waals surface area contributed by atoms with Gasteiger partial charge < -0.3 is 28.4 Å². The molecule has 0 fully saturated rings. The Morgan fingerprint density at radius 1 is 0.483 bits per heavy atom. The van der Waals surface area contributed by atoms with E-state index in [0.717, 1.165) is 98.1 Å². The molecule has 116 heavy (non-hydrogen) atoms. The van der Waals surface area contributed by atoms with Crippen LogP contribution in [0.3, 0.4) is 0 Å². The number of hydrogen-bond donors (Lipinski definition) is 0. The third-order valence-corrected chi connectivity index (χ3v) is 27.6. The molecule has 14 rings (SSSR count). The fourth-order valence-corrected chi connectivity index (χ4v) is 21.4. The Morgan fingerprint density at radius 3 is 1.50 bits per heavy atom. The summed E-state index contributed by atoms with van der Waals surface area (Å²) in [5.41, 5.74) is 10.8. The number of fused-ring (bicyclic) bond motifs is 7. The van der Waals surface area contributed by atoms with Crippen molar-refractivity contribution in [2.75, 3.05) is 23.2 Å². The molecule has 0 radical (unpaired) electrons. The summed E-state index contributed by atoms with van der Waals surface area (Å²) >= 11 is 19.8. The fourth-order valence-electron chi connectivity index (χ4n) is 13.4. The monoisotopic (exact) mass is 1690 g/mol. The van der Waals surface area contributed by atoms with E-state index in [4.69, 9.17) is 47.4 Å². The highest BCUT2D eigenvalue weighted by molar-refractivity contribution is 8.30. The second-order valence-electron chi connectivity index (χ2n) is 27.1. The quantitative estimate of drug-likeness (QED) is 0.00729. The van der Waals surface area contributed by atoms with Crippen molar-refractivity contribution in [2.45, 2.75) is 85.2 Å². The number of unbranched alkanes of at least 4 members (excludes halogenated alkanes) is 2. The number of hydrogen-bond acceptors (Lipinski definition) is 19. The van der Waals surface area contributed by atoms with Crippen molar-refractivity contribution in [3.8, 4) is 11.4 Å². The first-order valence-electron chi connectivity index (χ1n) is 37.0. The largest absolute Gasteiger partial charge is 0.461 e. The van der Waals surface area contributed by atoms with Gasteiger partial charge in [0, 0.05) is 137 Å². The third kappa shape index (κ3) is 19.2. The number of esters is 1. The van der Waals surface area contributed by atoms with E-state index in [2.05, 4.69) is 43.3 Å². The molecule has 2 atom stereocenters. The molecule has 0 saturated heterocycles. The predicted octanol–water partition coefficient (Wildman–Crippen LogP) is 22.9. The van der Waals surface area contributed by atoms with Crippen molar-refractivity contribution in [1.29, 1.82) is 0 Å². The summed E-state index contributed by atoms with van der Waals surface area (Å²) < 4.78 is 11.7. The molecule has 0 bridgehead atoms. The van der Waals surface area contributed by atoms with Crippen LogP contribution < -0.4 is 0 Å². The molecule has 10 aromatic carbocycles. The summed E-state index contributed by atoms with van der Waals surface area (Å²) in [6, 6.07) is 70.0. The van der Waals surface area contributed by atoms with E-state index < -0.39 is 44.8 Å². The van der Waals surface area contributed by atoms with Crippen molar-refractivity contribution in [2.24, 2.45) is 15.5 Å². The number of ketones is 3. The maximum absolute atomic E-state index is 14.7. The normalized spacial score (nSPS) is 12.5. The van der Waals surface area contributed by atoms with Gasteiger partial charge in [-0.3, -0.25) is 14.4 Å². The van der Waals surface area contributed by atoms with Crippen molar-refractivity contribution >= 4 is 214 Å². The highest BCUT2D eigenvalue weighted by atomic mass is 35.5. The molecule has 4 aromatic heterocycles. The van der Waals surface area contributed by atoms with Crippen LogP contribution in [0.5, 0.6) is 0 Å². The highest BCUT2D eigenvalue weighted by Gasteiger charge is 2.25. The summed E-state index contributed by atoms with van der Waals surface area (Å²) in [5.74, 6) is 7.23. The van der Waals surface area contributed by atoms with Crippen molar-refractivity contribution in [3.63, 3.8) is 0 Å². The number of carbonyl (C=O) groups excluding carboxylic acids is 7. The molecule has 584 valence electrons. The second kappa shape index (κ2) is 37.3. The lowest BCUT2D eigenvalue weighted by molar-refractivity contribution is -0.141. The predicted molar refractivity (Wildman–Crippen MR) is 477 cm³/mol. The molecule has 0 amide bonds. The number of rotatable bonds is 32. The summed E-state index contributed by atoms with van der Waals surface area (Å²) in [6.45, 7) is 5.89. The Morgan fingerprint density at radius 2 is 0.974 bits per heavy atom. The molecular formula is C91H74Cl2N6O11S6. The Labute approximate surface area is 700 Å². The van der Waals surface area contributed by atoms with Gasteiger partial charge in [0.15, 0.2) is 21.7 Å². The molecule has 17 nitrogen and oxygen atoms in total. The van der Waals surface area contributed by atoms with Gasteiger partial charge in [-0.05, 0) is 187 Å². The smallest absolute Gasteiger partial charge is 0.348 e. The number of para-hydroxylation sites is 1. The van der Waals surface area contributed by atoms with Crippen molar-refractivity contribution in [1.82, 2.24) is 14.1 Å². The number of benzene rings is 10. The van der Waals surface area contributed by atoms with Gasteiger partial charge >= 0.3 is 23.9 Å². The number of thiazole rings is 1. The third-order valence-electron chi connectivity index (χ3n) is 18.9. The minimum Gasteiger partial charge on any atom is -0.461 e. The zero-order chi connectivity index (χ0) is 81.1. The first-order valence-corrected chi connectivity index (χ1v) is 44.5. The first kappa shape index (κ1) is 81.6. The Hall–Kier alpha value is -11.0. The van der Waals surface area contributed by atoms with Gasteiger partial charge in [-0.25, -0.2) is 24.2 Å². The van der Waals surface area contributed by atoms with Crippen molar-refractivity contribution < 1.29 is 52.8 Å². The zero-order valence-corrected chi connectivity index (χ0v) is 69.7. The van der Waals surface area contributed by atoms with E-state index in [9.17, 15) is 33.6 Å². The number of ether oxygens (including phenoxy) is 1. The standard InChI is InChI=1S/C91H74Cl2N6O11S6/c1-7-8-10-19-85(103)59-24-32-65(33-25-59)99-81-38-26-60(47-71(81)73-49-62(28-40-83(73)99)89(105)70-37-35-68(52-76(70)93)113-91-94-79-18-13-14-20-86(79)114-91)78(96-109-56(3)101)43-46-115(5)54-116(6)53-80(97-110-57(4)102)61-27-39-82-72(48-61)74-50-63(88(104)69-36-34-67(51-75(69)92)112-66-16-11-9-12-17-66)29-41-84(74)98(82)64-30-22-58(23-31-64)77(95-108-55(2)100)42-44-107-90(106)87-21-15-45-111-87/h9,11-18,20-41,45,47-52H,5-8,10,19,42-44,46,53-54H2,1-4H3. The van der Waals surface area contributed by atoms with Gasteiger partial charge in [-0.2, -0.15) is 21.0 Å². The second-order valence-corrected chi connectivity index (χ2v) is 36.5. The molecule has 14 aromatic rings. The Bertz CT molecular complexity index is 6300. The van der Waals surface area contributed by atoms with Gasteiger partial charge in [-0.1, -0.05) is 154 Å². The van der Waals surface area contributed by atoms with E-state index in [1.165, 1.54) is 55.6 Å². The zero-order valence-electron chi connectivity index (χ0n) is 63.3. The van der Waals surface area contributed by atoms with Gasteiger partial charge in [0.1, 0.15) is 4.88 Å². The SMILES string of the molecule is C=S(CCC(=NOC(C)=O)c1ccc2c(c1)c1cc(C(=O)c3ccc(Sc4nc5ccccc5s4)cc3Cl)ccc1n2-c1ccc(C(=O)CCCCC)cc1)CS(=C)CC(=NOC(C)=O)c1ccc2c(c1)c1cc(C(=O)c3ccc(Sc4ccccc4)cc3Cl)ccc1n2-c1ccc(C(CCOC(=O)c2cccs2)=NOC(C)=O)cc1. The maximum atomic E-state index is 14.7. The number of halogens is 2. The minimum absolute atomic E-state index is 0.0331. The average Bonchev–Trinajstić information content (AvgIpc) is 1.59. The number of carbonyl (C=O) groups is 7. The number of aromatic nitrogens is 3. The topological polar surface area (TPSA) is 216 Å². The molecule has 0 aliphatic rings. The van der Waals surface area contributed by atoms with E-state index in [1.807, 2.05) is 176 Å². The molecule has 0 spiro atoms. The Kier molecular flexibility index (Phi) is 26.2. The van der Waals surface area contributed by atoms with Gasteiger partial charge in [-0.15, -0.1) is 22.7 Å². The van der Waals surface area contributed by atoms with Crippen LogP contribution in [0.4, 0.5) is 0 Å². The summed E-state index contributed by atoms with van der Waals surface area (Å²) in [7, 11) is -1.28. The molecule has 0 saturated carbocycles. The van der Waals surface area contributed by atoms with E-state index >= 15 is 0 Å². The number of thiophene rings is 1. The summed E-state index contributed by atoms with van der Waals surface area (Å²) in [4.78, 5) is 117. The maximum Gasteiger partial charge on any atom is 0.348 e. The van der Waals surface area contributed by atoms with Crippen LogP contribution in [0.1, 0.15) is 135 Å². The summed E-state index contributed by atoms with van der Waals surface area (Å²) in [6.07, 6.45) is 3.72. The lowest BCUT2D eigenvalue weighted by Crippen LogP contribution is -2.11. The lowest BCUT2D eigenvalue weighted by Gasteiger charge is -2.14. The molecule has 0 N–H and O–H groups in total. The molecule has 0 aliphatic heterocycles. The molecule has 2 unspecified atom stereocenters. The molecular weight excluding hydrogens is 1620 g/mol. The summed E-state index contributed by atoms with van der Waals surface area (Å²) in [5, 5.41) is 19.0. The number of Topliss-reactive ketones (excluding diaryl/α,β-unsaturated/α-hetero) is 1. The lowest BCUT2D eigenvalue weighted by atomic mass is 10.00. The molecule has 0 aliphatic carbocycles. The fraction of sp³-hybridized carbons (Fsp3) is 0.154. The first-order chi connectivity index (χ1) is 56.2. The van der Waals surface area contributed by atoms with Crippen LogP contribution in [0.25, 0.3) is 65.2 Å². The highest BCUT2D eigenvalue weighted by Crippen LogP contribution is 2.41. The van der Waals surface area contributed by atoms with Crippen LogP contribution in [-0.4, -0.2) is 107 Å². The van der Waals surface area contributed by atoms with Gasteiger partial charge in [0.05, 0.1) is 66.1 Å². The van der Waals surface area contributed by atoms with E-state index in [-0.39, 0.29) is 36.1 Å². The van der Waals surface area contributed by atoms with Crippen molar-refractivity contribution in [3.05, 3.63) is 289 Å². The molecule has 25 heteroatoms. The minimum atomic E-state index is -0.695. The van der Waals surface area contributed by atoms with Crippen LogP contribution in [-0.2, 0) is 33.6 Å². The number of oxime groups is 3. The van der Waals surface area contributed by atoms with Crippen LogP contribution >= 0.6 is 90.4 Å². The van der Waals surface area contributed by atoms with E-state index in [1.54, 1.807) is 65.2 Å². The van der Waals surface area contributed by atoms with Gasteiger partial charge in [0.25, 0.3) is 0 Å². The van der Waals surface area contributed by atoms with Crippen LogP contribution in [0, 0.1) is 0 Å². The molecule has 4 heterocycles.